The molecule has 3 aromatic rings. The van der Waals surface area contributed by atoms with Crippen molar-refractivity contribution in [1.29, 1.82) is 0 Å². The van der Waals surface area contributed by atoms with Gasteiger partial charge in [0, 0.05) is 23.7 Å². The SMILES string of the molecule is CNc1ccc2c(NCC(O)(CC(C)(C)c3cc(F)ccc3OC)C(F)(F)F)cccc2n1. The number of ether oxygens (including phenoxy) is 1. The van der Waals surface area contributed by atoms with Crippen molar-refractivity contribution >= 4 is 22.4 Å². The number of nitrogens with zero attached hydrogens (tertiary/aromatic N) is 1. The van der Waals surface area contributed by atoms with Gasteiger partial charge in [0.25, 0.3) is 0 Å². The first-order valence-corrected chi connectivity index (χ1v) is 10.3. The van der Waals surface area contributed by atoms with E-state index in [0.29, 0.717) is 22.4 Å². The van der Waals surface area contributed by atoms with Crippen molar-refractivity contribution in [2.75, 3.05) is 31.3 Å². The zero-order valence-corrected chi connectivity index (χ0v) is 18.8. The Labute approximate surface area is 189 Å². The van der Waals surface area contributed by atoms with E-state index in [-0.39, 0.29) is 11.3 Å². The number of aromatic nitrogens is 1. The molecule has 2 aromatic carbocycles. The number of nitrogens with one attached hydrogen (secondary N) is 2. The molecule has 1 aromatic heterocycles. The van der Waals surface area contributed by atoms with Crippen LogP contribution in [0.4, 0.5) is 29.1 Å². The summed E-state index contributed by atoms with van der Waals surface area (Å²) in [5, 5.41) is 17.1. The number of anilines is 2. The summed E-state index contributed by atoms with van der Waals surface area (Å²) in [6.45, 7) is 2.23. The van der Waals surface area contributed by atoms with Gasteiger partial charge in [0.15, 0.2) is 5.60 Å². The summed E-state index contributed by atoms with van der Waals surface area (Å²) in [4.78, 5) is 4.39. The van der Waals surface area contributed by atoms with E-state index >= 15 is 0 Å². The van der Waals surface area contributed by atoms with Crippen LogP contribution in [0.15, 0.2) is 48.5 Å². The molecule has 1 heterocycles. The molecule has 1 atom stereocenters. The molecule has 0 aliphatic heterocycles. The Morgan fingerprint density at radius 1 is 1.06 bits per heavy atom. The summed E-state index contributed by atoms with van der Waals surface area (Å²) in [7, 11) is 3.08. The largest absolute Gasteiger partial charge is 0.496 e. The van der Waals surface area contributed by atoms with E-state index in [1.165, 1.54) is 33.1 Å². The average Bonchev–Trinajstić information content (AvgIpc) is 2.76. The van der Waals surface area contributed by atoms with Gasteiger partial charge in [0.2, 0.25) is 0 Å². The fourth-order valence-electron chi connectivity index (χ4n) is 3.99. The number of methoxy groups -OCH3 is 1. The van der Waals surface area contributed by atoms with Gasteiger partial charge in [-0.2, -0.15) is 13.2 Å². The first-order chi connectivity index (χ1) is 15.4. The first-order valence-electron chi connectivity index (χ1n) is 10.3. The van der Waals surface area contributed by atoms with E-state index in [4.69, 9.17) is 4.74 Å². The maximum absolute atomic E-state index is 14.1. The summed E-state index contributed by atoms with van der Waals surface area (Å²) >= 11 is 0. The number of rotatable bonds is 8. The lowest BCUT2D eigenvalue weighted by Crippen LogP contribution is -2.53. The van der Waals surface area contributed by atoms with Crippen molar-refractivity contribution in [3.63, 3.8) is 0 Å². The molecule has 33 heavy (non-hydrogen) atoms. The van der Waals surface area contributed by atoms with Gasteiger partial charge in [-0.05, 0) is 54.3 Å². The lowest BCUT2D eigenvalue weighted by Gasteiger charge is -2.38. The van der Waals surface area contributed by atoms with Gasteiger partial charge in [-0.25, -0.2) is 9.37 Å². The Morgan fingerprint density at radius 3 is 2.42 bits per heavy atom. The second-order valence-corrected chi connectivity index (χ2v) is 8.61. The Hall–Kier alpha value is -3.07. The van der Waals surface area contributed by atoms with Gasteiger partial charge >= 0.3 is 6.18 Å². The summed E-state index contributed by atoms with van der Waals surface area (Å²) in [5.41, 5.74) is -3.13. The van der Waals surface area contributed by atoms with Crippen LogP contribution in [0.2, 0.25) is 0 Å². The number of fused-ring (bicyclic) bond motifs is 1. The molecule has 9 heteroatoms. The van der Waals surface area contributed by atoms with E-state index in [1.54, 1.807) is 37.4 Å². The molecule has 3 N–H and O–H groups in total. The minimum Gasteiger partial charge on any atom is -0.496 e. The van der Waals surface area contributed by atoms with Crippen molar-refractivity contribution < 1.29 is 27.4 Å². The molecule has 0 radical (unpaired) electrons. The zero-order valence-electron chi connectivity index (χ0n) is 18.8. The van der Waals surface area contributed by atoms with Gasteiger partial charge in [-0.3, -0.25) is 0 Å². The van der Waals surface area contributed by atoms with Crippen molar-refractivity contribution in [1.82, 2.24) is 4.98 Å². The molecule has 0 saturated heterocycles. The van der Waals surface area contributed by atoms with Crippen LogP contribution < -0.4 is 15.4 Å². The van der Waals surface area contributed by atoms with Crippen LogP contribution in [0.3, 0.4) is 0 Å². The highest BCUT2D eigenvalue weighted by Crippen LogP contribution is 2.44. The molecule has 0 aliphatic rings. The molecule has 178 valence electrons. The van der Waals surface area contributed by atoms with Crippen LogP contribution in [0.25, 0.3) is 10.9 Å². The number of pyridine rings is 1. The second kappa shape index (κ2) is 9.05. The van der Waals surface area contributed by atoms with Gasteiger partial charge < -0.3 is 20.5 Å². The zero-order chi connectivity index (χ0) is 24.4. The maximum atomic E-state index is 14.1. The minimum atomic E-state index is -4.94. The molecule has 3 rings (SSSR count). The number of aliphatic hydroxyl groups is 1. The molecular formula is C24H27F4N3O2. The third-order valence-electron chi connectivity index (χ3n) is 5.71. The van der Waals surface area contributed by atoms with Crippen LogP contribution in [-0.2, 0) is 5.41 Å². The fourth-order valence-corrected chi connectivity index (χ4v) is 3.99. The molecule has 0 fully saturated rings. The lowest BCUT2D eigenvalue weighted by atomic mass is 9.74. The van der Waals surface area contributed by atoms with Crippen LogP contribution >= 0.6 is 0 Å². The maximum Gasteiger partial charge on any atom is 0.418 e. The number of hydrogen-bond acceptors (Lipinski definition) is 5. The third-order valence-corrected chi connectivity index (χ3v) is 5.71. The normalized spacial score (nSPS) is 14.1. The Morgan fingerprint density at radius 2 is 1.79 bits per heavy atom. The summed E-state index contributed by atoms with van der Waals surface area (Å²) in [6, 6.07) is 12.2. The highest BCUT2D eigenvalue weighted by molar-refractivity contribution is 5.92. The van der Waals surface area contributed by atoms with Crippen LogP contribution in [-0.4, -0.2) is 42.6 Å². The van der Waals surface area contributed by atoms with E-state index in [2.05, 4.69) is 15.6 Å². The van der Waals surface area contributed by atoms with Crippen molar-refractivity contribution in [2.45, 2.75) is 37.5 Å². The van der Waals surface area contributed by atoms with E-state index in [9.17, 15) is 22.7 Å². The Kier molecular flexibility index (Phi) is 6.74. The first kappa shape index (κ1) is 24.6. The van der Waals surface area contributed by atoms with Gasteiger partial charge in [0.1, 0.15) is 17.4 Å². The molecule has 0 saturated carbocycles. The molecule has 0 amide bonds. The van der Waals surface area contributed by atoms with Crippen molar-refractivity contribution in [2.24, 2.45) is 0 Å². The van der Waals surface area contributed by atoms with E-state index in [0.717, 1.165) is 6.07 Å². The summed E-state index contributed by atoms with van der Waals surface area (Å²) in [6.07, 6.45) is -5.66. The van der Waals surface area contributed by atoms with E-state index < -0.39 is 36.0 Å². The molecule has 0 aliphatic carbocycles. The fraction of sp³-hybridized carbons (Fsp3) is 0.375. The predicted molar refractivity (Wildman–Crippen MR) is 121 cm³/mol. The Balaban J connectivity index is 1.93. The molecule has 5 nitrogen and oxygen atoms in total. The molecule has 1 unspecified atom stereocenters. The van der Waals surface area contributed by atoms with Gasteiger partial charge in [0.05, 0.1) is 19.2 Å². The molecular weight excluding hydrogens is 438 g/mol. The number of alkyl halides is 3. The van der Waals surface area contributed by atoms with Gasteiger partial charge in [-0.1, -0.05) is 19.9 Å². The highest BCUT2D eigenvalue weighted by atomic mass is 19.4. The standard InChI is InChI=1S/C24H27F4N3O2/c1-22(2,17-12-15(25)8-10-20(17)33-4)13-23(32,24(26,27)28)14-30-18-6-5-7-19-16(18)9-11-21(29-3)31-19/h5-12,30,32H,13-14H2,1-4H3,(H,29,31). The summed E-state index contributed by atoms with van der Waals surface area (Å²) in [5.74, 6) is 0.272. The number of halogens is 4. The van der Waals surface area contributed by atoms with Gasteiger partial charge in [-0.15, -0.1) is 0 Å². The van der Waals surface area contributed by atoms with Crippen molar-refractivity contribution in [3.05, 3.63) is 59.9 Å². The average molecular weight is 465 g/mol. The summed E-state index contributed by atoms with van der Waals surface area (Å²) < 4.78 is 61.5. The third kappa shape index (κ3) is 5.13. The predicted octanol–water partition coefficient (Wildman–Crippen LogP) is 5.50. The molecule has 0 spiro atoms. The van der Waals surface area contributed by atoms with Crippen LogP contribution in [0.5, 0.6) is 5.75 Å². The lowest BCUT2D eigenvalue weighted by molar-refractivity contribution is -0.260. The quantitative estimate of drug-likeness (QED) is 0.384. The number of hydrogen-bond donors (Lipinski definition) is 3. The van der Waals surface area contributed by atoms with E-state index in [1.807, 2.05) is 0 Å². The number of benzene rings is 2. The van der Waals surface area contributed by atoms with Crippen molar-refractivity contribution in [3.8, 4) is 5.75 Å². The smallest absolute Gasteiger partial charge is 0.418 e. The molecule has 0 bridgehead atoms. The highest BCUT2D eigenvalue weighted by Gasteiger charge is 2.56. The Bertz CT molecular complexity index is 1130. The minimum absolute atomic E-state index is 0.238. The van der Waals surface area contributed by atoms with Crippen LogP contribution in [0, 0.1) is 5.82 Å². The second-order valence-electron chi connectivity index (χ2n) is 8.61. The topological polar surface area (TPSA) is 66.4 Å². The monoisotopic (exact) mass is 465 g/mol. The van der Waals surface area contributed by atoms with Crippen LogP contribution in [0.1, 0.15) is 25.8 Å².